The van der Waals surface area contributed by atoms with Crippen LogP contribution in [0, 0.1) is 0 Å². The van der Waals surface area contributed by atoms with Crippen molar-refractivity contribution in [3.05, 3.63) is 30.9 Å². The number of ether oxygens (including phenoxy) is 1. The van der Waals surface area contributed by atoms with Crippen molar-refractivity contribution in [2.24, 2.45) is 0 Å². The Morgan fingerprint density at radius 3 is 3.06 bits per heavy atom. The van der Waals surface area contributed by atoms with E-state index in [9.17, 15) is 0 Å². The molecule has 0 unspecified atom stereocenters. The van der Waals surface area contributed by atoms with E-state index in [0.717, 1.165) is 35.2 Å². The third-order valence-electron chi connectivity index (χ3n) is 2.06. The maximum atomic E-state index is 5.84. The van der Waals surface area contributed by atoms with Crippen LogP contribution in [0.1, 0.15) is 0 Å². The average molecular weight is 238 g/mol. The zero-order valence-corrected chi connectivity index (χ0v) is 10.3. The maximum Gasteiger partial charge on any atom is 0.121 e. The SMILES string of the molecule is C=CCSCCNc1cc(OC)ccc1N. The zero-order valence-electron chi connectivity index (χ0n) is 9.53. The van der Waals surface area contributed by atoms with Gasteiger partial charge in [0, 0.05) is 24.1 Å². The van der Waals surface area contributed by atoms with Gasteiger partial charge in [-0.1, -0.05) is 6.08 Å². The Bertz CT molecular complexity index is 342. The minimum atomic E-state index is 0.745. The first-order valence-electron chi connectivity index (χ1n) is 5.14. The number of benzene rings is 1. The number of hydrogen-bond acceptors (Lipinski definition) is 4. The van der Waals surface area contributed by atoms with Crippen LogP contribution in [-0.2, 0) is 0 Å². The summed E-state index contributed by atoms with van der Waals surface area (Å²) in [5.41, 5.74) is 7.52. The molecule has 3 N–H and O–H groups in total. The molecule has 0 bridgehead atoms. The van der Waals surface area contributed by atoms with Crippen molar-refractivity contribution < 1.29 is 4.74 Å². The van der Waals surface area contributed by atoms with Gasteiger partial charge < -0.3 is 15.8 Å². The predicted octanol–water partition coefficient (Wildman–Crippen LogP) is 2.61. The average Bonchev–Trinajstić information content (AvgIpc) is 2.31. The summed E-state index contributed by atoms with van der Waals surface area (Å²) in [5.74, 6) is 2.83. The summed E-state index contributed by atoms with van der Waals surface area (Å²) in [6.07, 6.45) is 1.91. The Kier molecular flexibility index (Phi) is 5.64. The van der Waals surface area contributed by atoms with Crippen molar-refractivity contribution in [3.63, 3.8) is 0 Å². The molecule has 1 rings (SSSR count). The third kappa shape index (κ3) is 4.06. The van der Waals surface area contributed by atoms with E-state index in [1.807, 2.05) is 36.0 Å². The molecule has 0 saturated carbocycles. The lowest BCUT2D eigenvalue weighted by Crippen LogP contribution is -2.06. The van der Waals surface area contributed by atoms with Crippen molar-refractivity contribution in [2.45, 2.75) is 0 Å². The van der Waals surface area contributed by atoms with Crippen LogP contribution < -0.4 is 15.8 Å². The number of nitrogens with two attached hydrogens (primary N) is 1. The molecule has 0 radical (unpaired) electrons. The van der Waals surface area contributed by atoms with Gasteiger partial charge in [-0.25, -0.2) is 0 Å². The Hall–Kier alpha value is -1.29. The molecule has 0 aliphatic carbocycles. The number of hydrogen-bond donors (Lipinski definition) is 2. The molecular formula is C12H18N2OS. The van der Waals surface area contributed by atoms with Crippen LogP contribution in [-0.4, -0.2) is 25.2 Å². The summed E-state index contributed by atoms with van der Waals surface area (Å²) < 4.78 is 5.14. The summed E-state index contributed by atoms with van der Waals surface area (Å²) >= 11 is 1.84. The number of rotatable bonds is 7. The summed E-state index contributed by atoms with van der Waals surface area (Å²) in [6, 6.07) is 5.61. The molecule has 0 spiro atoms. The van der Waals surface area contributed by atoms with Gasteiger partial charge in [0.2, 0.25) is 0 Å². The van der Waals surface area contributed by atoms with Crippen molar-refractivity contribution in [3.8, 4) is 5.75 Å². The molecule has 0 aliphatic heterocycles. The highest BCUT2D eigenvalue weighted by Crippen LogP contribution is 2.24. The van der Waals surface area contributed by atoms with Crippen LogP contribution in [0.5, 0.6) is 5.75 Å². The number of nitrogen functional groups attached to an aromatic ring is 1. The van der Waals surface area contributed by atoms with Gasteiger partial charge >= 0.3 is 0 Å². The van der Waals surface area contributed by atoms with Crippen LogP contribution in [0.25, 0.3) is 0 Å². The quantitative estimate of drug-likeness (QED) is 0.435. The van der Waals surface area contributed by atoms with Crippen molar-refractivity contribution in [1.29, 1.82) is 0 Å². The van der Waals surface area contributed by atoms with Gasteiger partial charge in [0.1, 0.15) is 5.75 Å². The molecule has 4 heteroatoms. The van der Waals surface area contributed by atoms with Gasteiger partial charge in [-0.15, -0.1) is 6.58 Å². The fourth-order valence-corrected chi connectivity index (χ4v) is 1.82. The fraction of sp³-hybridized carbons (Fsp3) is 0.333. The molecule has 1 aromatic carbocycles. The van der Waals surface area contributed by atoms with E-state index in [0.29, 0.717) is 0 Å². The minimum absolute atomic E-state index is 0.745. The maximum absolute atomic E-state index is 5.84. The highest BCUT2D eigenvalue weighted by atomic mass is 32.2. The number of thioether (sulfide) groups is 1. The van der Waals surface area contributed by atoms with Gasteiger partial charge in [-0.2, -0.15) is 11.8 Å². The Morgan fingerprint density at radius 1 is 1.56 bits per heavy atom. The predicted molar refractivity (Wildman–Crippen MR) is 73.4 cm³/mol. The molecule has 0 aromatic heterocycles. The topological polar surface area (TPSA) is 47.3 Å². The van der Waals surface area contributed by atoms with Crippen molar-refractivity contribution >= 4 is 23.1 Å². The van der Waals surface area contributed by atoms with Crippen LogP contribution in [0.15, 0.2) is 30.9 Å². The molecule has 0 saturated heterocycles. The van der Waals surface area contributed by atoms with E-state index in [1.54, 1.807) is 7.11 Å². The van der Waals surface area contributed by atoms with E-state index < -0.39 is 0 Å². The summed E-state index contributed by atoms with van der Waals surface area (Å²) in [7, 11) is 1.65. The lowest BCUT2D eigenvalue weighted by molar-refractivity contribution is 0.415. The molecular weight excluding hydrogens is 220 g/mol. The smallest absolute Gasteiger partial charge is 0.121 e. The molecule has 1 aromatic rings. The monoisotopic (exact) mass is 238 g/mol. The van der Waals surface area contributed by atoms with Crippen LogP contribution in [0.4, 0.5) is 11.4 Å². The largest absolute Gasteiger partial charge is 0.497 e. The number of nitrogens with one attached hydrogen (secondary N) is 1. The first kappa shape index (κ1) is 12.8. The highest BCUT2D eigenvalue weighted by molar-refractivity contribution is 7.99. The van der Waals surface area contributed by atoms with Gasteiger partial charge in [0.15, 0.2) is 0 Å². The first-order chi connectivity index (χ1) is 7.77. The molecule has 0 atom stereocenters. The van der Waals surface area contributed by atoms with E-state index in [1.165, 1.54) is 0 Å². The van der Waals surface area contributed by atoms with Crippen molar-refractivity contribution in [2.75, 3.05) is 36.2 Å². The molecule has 88 valence electrons. The second-order valence-electron chi connectivity index (χ2n) is 3.24. The highest BCUT2D eigenvalue weighted by Gasteiger charge is 2.00. The van der Waals surface area contributed by atoms with Crippen LogP contribution >= 0.6 is 11.8 Å². The summed E-state index contributed by atoms with van der Waals surface area (Å²) in [6.45, 7) is 4.56. The Labute approximate surface area is 101 Å². The normalized spacial score (nSPS) is 9.81. The van der Waals surface area contributed by atoms with Gasteiger partial charge in [-0.3, -0.25) is 0 Å². The van der Waals surface area contributed by atoms with Gasteiger partial charge in [-0.05, 0) is 12.1 Å². The summed E-state index contributed by atoms with van der Waals surface area (Å²) in [4.78, 5) is 0. The lowest BCUT2D eigenvalue weighted by Gasteiger charge is -2.10. The minimum Gasteiger partial charge on any atom is -0.497 e. The van der Waals surface area contributed by atoms with Crippen LogP contribution in [0.2, 0.25) is 0 Å². The van der Waals surface area contributed by atoms with Crippen LogP contribution in [0.3, 0.4) is 0 Å². The van der Waals surface area contributed by atoms with Gasteiger partial charge in [0.05, 0.1) is 18.5 Å². The summed E-state index contributed by atoms with van der Waals surface area (Å²) in [5, 5.41) is 3.29. The second-order valence-corrected chi connectivity index (χ2v) is 4.39. The first-order valence-corrected chi connectivity index (χ1v) is 6.29. The molecule has 0 heterocycles. The number of anilines is 2. The zero-order chi connectivity index (χ0) is 11.8. The van der Waals surface area contributed by atoms with E-state index >= 15 is 0 Å². The van der Waals surface area contributed by atoms with E-state index in [2.05, 4.69) is 11.9 Å². The Balaban J connectivity index is 2.43. The Morgan fingerprint density at radius 2 is 2.38 bits per heavy atom. The van der Waals surface area contributed by atoms with Crippen molar-refractivity contribution in [1.82, 2.24) is 0 Å². The second kappa shape index (κ2) is 7.06. The third-order valence-corrected chi connectivity index (χ3v) is 3.02. The fourth-order valence-electron chi connectivity index (χ4n) is 1.24. The van der Waals surface area contributed by atoms with E-state index in [-0.39, 0.29) is 0 Å². The lowest BCUT2D eigenvalue weighted by atomic mass is 10.2. The molecule has 16 heavy (non-hydrogen) atoms. The standard InChI is InChI=1S/C12H18N2OS/c1-3-7-16-8-6-14-12-9-10(15-2)4-5-11(12)13/h3-5,9,14H,1,6-8,13H2,2H3. The molecule has 0 amide bonds. The van der Waals surface area contributed by atoms with Gasteiger partial charge in [0.25, 0.3) is 0 Å². The molecule has 3 nitrogen and oxygen atoms in total. The van der Waals surface area contributed by atoms with E-state index in [4.69, 9.17) is 10.5 Å². The molecule has 0 fully saturated rings. The molecule has 0 aliphatic rings. The number of methoxy groups -OCH3 is 1.